The predicted molar refractivity (Wildman–Crippen MR) is 247 cm³/mol. The lowest BCUT2D eigenvalue weighted by Gasteiger charge is -2.67. The van der Waals surface area contributed by atoms with Crippen molar-refractivity contribution in [3.63, 3.8) is 0 Å². The number of amides is 1. The molecule has 3 aromatic carbocycles. The fraction of sp³-hybridized carbons (Fsp3) is 0.519. The van der Waals surface area contributed by atoms with Gasteiger partial charge in [-0.15, -0.1) is 0 Å². The van der Waals surface area contributed by atoms with Gasteiger partial charge in [-0.3, -0.25) is 14.4 Å². The van der Waals surface area contributed by atoms with Gasteiger partial charge in [0.05, 0.1) is 35.6 Å². The van der Waals surface area contributed by atoms with E-state index in [-0.39, 0.29) is 25.0 Å². The molecular formula is C52H65NO12Si. The number of ketones is 1. The normalized spacial score (nSPS) is 31.3. The Morgan fingerprint density at radius 3 is 1.97 bits per heavy atom. The SMILES string of the molecule is CC(=O)O[C@@]12COC1C[C@H](O)[C@@]1(C)C(=O)[C@H](C)C3=C(C)C(OC(=O)[C@H](O[Si](C)(C)C(C)(C)C)C(NC(=O)c4ccccc4)c4ccccc4)C[C@@](O)([C@@H](OC(=O)c4ccccc4)[C@@H]12)C3(C)C. The van der Waals surface area contributed by atoms with Crippen LogP contribution < -0.4 is 5.32 Å². The van der Waals surface area contributed by atoms with Gasteiger partial charge >= 0.3 is 17.9 Å². The molecule has 1 aliphatic heterocycles. The summed E-state index contributed by atoms with van der Waals surface area (Å²) in [5.74, 6) is -5.55. The van der Waals surface area contributed by atoms with Crippen molar-refractivity contribution in [3.05, 3.63) is 119 Å². The number of carbonyl (C=O) groups excluding carboxylic acids is 5. The number of Topliss-reactive ketones (excluding diaryl/α,β-unsaturated/α-hetero) is 1. The minimum Gasteiger partial charge on any atom is -0.456 e. The van der Waals surface area contributed by atoms with Crippen molar-refractivity contribution in [2.45, 2.75) is 141 Å². The van der Waals surface area contributed by atoms with Gasteiger partial charge in [-0.1, -0.05) is 108 Å². The number of hydrogen-bond donors (Lipinski definition) is 3. The van der Waals surface area contributed by atoms with Gasteiger partial charge in [-0.25, -0.2) is 9.59 Å². The lowest BCUT2D eigenvalue weighted by atomic mass is 9.43. The van der Waals surface area contributed by atoms with Crippen LogP contribution in [0.1, 0.15) is 107 Å². The number of nitrogens with one attached hydrogen (secondary N) is 1. The third-order valence-corrected chi connectivity index (χ3v) is 20.2. The molecule has 1 heterocycles. The first-order valence-corrected chi connectivity index (χ1v) is 25.7. The molecule has 2 bridgehead atoms. The summed E-state index contributed by atoms with van der Waals surface area (Å²) in [5.41, 5.74) is -4.85. The van der Waals surface area contributed by atoms with E-state index in [1.165, 1.54) is 6.92 Å². The zero-order valence-electron chi connectivity index (χ0n) is 39.9. The van der Waals surface area contributed by atoms with Gasteiger partial charge in [0.1, 0.15) is 29.7 Å². The lowest BCUT2D eigenvalue weighted by molar-refractivity contribution is -0.345. The van der Waals surface area contributed by atoms with Crippen LogP contribution in [0.2, 0.25) is 18.1 Å². The molecule has 1 saturated heterocycles. The van der Waals surface area contributed by atoms with E-state index in [0.29, 0.717) is 22.3 Å². The van der Waals surface area contributed by atoms with Crippen molar-refractivity contribution < 1.29 is 57.6 Å². The van der Waals surface area contributed by atoms with Gasteiger partial charge in [0.15, 0.2) is 20.0 Å². The summed E-state index contributed by atoms with van der Waals surface area (Å²) in [4.78, 5) is 72.4. The van der Waals surface area contributed by atoms with Gasteiger partial charge in [0.2, 0.25) is 0 Å². The van der Waals surface area contributed by atoms with Gasteiger partial charge in [-0.05, 0) is 73.0 Å². The van der Waals surface area contributed by atoms with E-state index in [9.17, 15) is 24.6 Å². The quantitative estimate of drug-likeness (QED) is 0.0748. The fourth-order valence-electron chi connectivity index (χ4n) is 11.0. The Bertz CT molecular complexity index is 2380. The van der Waals surface area contributed by atoms with Gasteiger partial charge in [0.25, 0.3) is 5.91 Å². The summed E-state index contributed by atoms with van der Waals surface area (Å²) in [5, 5.41) is 28.7. The molecule has 13 nitrogen and oxygen atoms in total. The van der Waals surface area contributed by atoms with Gasteiger partial charge in [0, 0.05) is 36.7 Å². The van der Waals surface area contributed by atoms with E-state index in [4.69, 9.17) is 23.4 Å². The average molecular weight is 924 g/mol. The van der Waals surface area contributed by atoms with E-state index in [1.807, 2.05) is 39.9 Å². The topological polar surface area (TPSA) is 184 Å². The van der Waals surface area contributed by atoms with Crippen LogP contribution in [0, 0.1) is 22.7 Å². The highest BCUT2D eigenvalue weighted by atomic mass is 28.4. The van der Waals surface area contributed by atoms with Gasteiger partial charge in [-0.2, -0.15) is 0 Å². The molecule has 3 aromatic rings. The van der Waals surface area contributed by atoms with Crippen LogP contribution in [0.25, 0.3) is 0 Å². The summed E-state index contributed by atoms with van der Waals surface area (Å²) in [6.07, 6.45) is -6.97. The maximum absolute atomic E-state index is 15.5. The Balaban J connectivity index is 1.40. The number of hydrogen-bond acceptors (Lipinski definition) is 12. The molecule has 3 unspecified atom stereocenters. The molecule has 2 saturated carbocycles. The highest BCUT2D eigenvalue weighted by Crippen LogP contribution is 2.65. The van der Waals surface area contributed by atoms with E-state index < -0.39 is 113 Å². The lowest BCUT2D eigenvalue weighted by Crippen LogP contribution is -2.81. The van der Waals surface area contributed by atoms with Crippen molar-refractivity contribution in [2.75, 3.05) is 6.61 Å². The third-order valence-electron chi connectivity index (χ3n) is 15.7. The van der Waals surface area contributed by atoms with Crippen molar-refractivity contribution in [2.24, 2.45) is 22.7 Å². The molecule has 1 amide bonds. The molecule has 3 N–H and O–H groups in total. The number of benzene rings is 3. The van der Waals surface area contributed by atoms with E-state index in [1.54, 1.807) is 120 Å². The first-order valence-electron chi connectivity index (χ1n) is 22.8. The fourth-order valence-corrected chi connectivity index (χ4v) is 12.3. The summed E-state index contributed by atoms with van der Waals surface area (Å²) < 4.78 is 32.3. The second-order valence-electron chi connectivity index (χ2n) is 20.9. The summed E-state index contributed by atoms with van der Waals surface area (Å²) in [6, 6.07) is 24.8. The summed E-state index contributed by atoms with van der Waals surface area (Å²) in [6.45, 7) is 19.7. The predicted octanol–water partition coefficient (Wildman–Crippen LogP) is 7.47. The number of esters is 3. The van der Waals surface area contributed by atoms with Crippen molar-refractivity contribution in [1.29, 1.82) is 0 Å². The molecule has 0 radical (unpaired) electrons. The van der Waals surface area contributed by atoms with Crippen LogP contribution in [0.5, 0.6) is 0 Å². The molecule has 0 spiro atoms. The maximum atomic E-state index is 15.5. The van der Waals surface area contributed by atoms with E-state index in [0.717, 1.165) is 0 Å². The smallest absolute Gasteiger partial charge is 0.338 e. The van der Waals surface area contributed by atoms with Crippen LogP contribution >= 0.6 is 0 Å². The Morgan fingerprint density at radius 2 is 1.44 bits per heavy atom. The average Bonchev–Trinajstić information content (AvgIpc) is 3.26. The molecule has 4 aliphatic rings. The molecule has 354 valence electrons. The molecule has 66 heavy (non-hydrogen) atoms. The van der Waals surface area contributed by atoms with Crippen LogP contribution in [0.3, 0.4) is 0 Å². The number of ether oxygens (including phenoxy) is 4. The first-order chi connectivity index (χ1) is 30.8. The highest BCUT2D eigenvalue weighted by Gasteiger charge is 2.77. The summed E-state index contributed by atoms with van der Waals surface area (Å²) in [7, 11) is -2.85. The molecule has 3 fully saturated rings. The van der Waals surface area contributed by atoms with Crippen LogP contribution in [-0.4, -0.2) is 96.5 Å². The van der Waals surface area contributed by atoms with Crippen LogP contribution in [0.15, 0.2) is 102 Å². The number of aliphatic hydroxyl groups is 2. The van der Waals surface area contributed by atoms with Gasteiger partial charge < -0.3 is 38.9 Å². The van der Waals surface area contributed by atoms with E-state index >= 15 is 9.59 Å². The minimum absolute atomic E-state index is 0.0583. The Hall–Kier alpha value is -4.99. The standard InChI is InChI=1S/C52H65NO12Si/c1-30-36(62-47(59)41(65-66(10,11)48(4,5)6)40(33-21-15-12-16-22-33)53-45(57)34-23-17-13-18-24-34)28-52(60)44(63-46(58)35-25-19-14-20-26-35)42-50(9,43(56)31(2)39(30)49(52,7)8)37(55)27-38-51(42,29-61-38)64-32(3)54/h12-26,31,36-38,40-42,44,55,60H,27-29H2,1-11H3,(H,53,57)/t31-,36?,37+,38?,40?,41-,42+,44+,50-,51+,52-/m1/s1. The zero-order valence-corrected chi connectivity index (χ0v) is 40.9. The van der Waals surface area contributed by atoms with Crippen molar-refractivity contribution in [1.82, 2.24) is 5.32 Å². The second-order valence-corrected chi connectivity index (χ2v) is 25.7. The Kier molecular flexibility index (Phi) is 13.0. The Labute approximate surface area is 388 Å². The first kappa shape index (κ1) is 48.9. The largest absolute Gasteiger partial charge is 0.456 e. The van der Waals surface area contributed by atoms with Crippen LogP contribution in [-0.2, 0) is 37.8 Å². The molecule has 3 aliphatic carbocycles. The monoisotopic (exact) mass is 923 g/mol. The Morgan fingerprint density at radius 1 is 0.879 bits per heavy atom. The summed E-state index contributed by atoms with van der Waals surface area (Å²) >= 11 is 0. The third kappa shape index (κ3) is 8.16. The molecule has 11 atom stereocenters. The number of fused-ring (bicyclic) bond motifs is 5. The highest BCUT2D eigenvalue weighted by molar-refractivity contribution is 6.74. The number of aliphatic hydroxyl groups excluding tert-OH is 1. The molecule has 0 aromatic heterocycles. The number of carbonyl (C=O) groups is 5. The number of rotatable bonds is 11. The molecule has 14 heteroatoms. The van der Waals surface area contributed by atoms with Crippen molar-refractivity contribution >= 4 is 37.9 Å². The minimum atomic E-state index is -2.85. The second kappa shape index (κ2) is 17.6. The van der Waals surface area contributed by atoms with Crippen LogP contribution in [0.4, 0.5) is 0 Å². The molecule has 7 rings (SSSR count). The maximum Gasteiger partial charge on any atom is 0.338 e. The molecular weight excluding hydrogens is 859 g/mol. The van der Waals surface area contributed by atoms with Crippen molar-refractivity contribution in [3.8, 4) is 0 Å². The van der Waals surface area contributed by atoms with E-state index in [2.05, 4.69) is 5.32 Å². The zero-order chi connectivity index (χ0) is 48.4.